The molecule has 0 aromatic heterocycles. The summed E-state index contributed by atoms with van der Waals surface area (Å²) in [5.74, 6) is 0.590. The molecule has 0 saturated carbocycles. The molecule has 2 rings (SSSR count). The zero-order chi connectivity index (χ0) is 17.2. The van der Waals surface area contributed by atoms with Gasteiger partial charge in [0.15, 0.2) is 5.96 Å². The van der Waals surface area contributed by atoms with Gasteiger partial charge in [-0.1, -0.05) is 25.5 Å². The number of rotatable bonds is 8. The smallest absolute Gasteiger partial charge is 0.188 e. The molecule has 1 aliphatic heterocycles. The molecule has 1 aromatic rings. The number of benzene rings is 1. The number of nitrogens with one attached hydrogen (secondary N) is 1. The molecule has 1 saturated heterocycles. The fraction of sp³-hybridized carbons (Fsp3) is 0.632. The molecule has 1 fully saturated rings. The van der Waals surface area contributed by atoms with Crippen LogP contribution in [-0.2, 0) is 0 Å². The fourth-order valence-electron chi connectivity index (χ4n) is 3.00. The lowest BCUT2D eigenvalue weighted by atomic mass is 10.2. The maximum atomic E-state index is 5.85. The number of piperazine rings is 1. The van der Waals surface area contributed by atoms with E-state index < -0.39 is 0 Å². The van der Waals surface area contributed by atoms with E-state index in [1.165, 1.54) is 17.7 Å². The Morgan fingerprint density at radius 3 is 2.64 bits per heavy atom. The predicted octanol–water partition coefficient (Wildman–Crippen LogP) is 2.83. The summed E-state index contributed by atoms with van der Waals surface area (Å²) >= 11 is 0. The first kappa shape index (κ1) is 22.0. The highest BCUT2D eigenvalue weighted by Crippen LogP contribution is 2.17. The molecule has 5 nitrogen and oxygen atoms in total. The average molecular weight is 459 g/mol. The zero-order valence-electron chi connectivity index (χ0n) is 15.7. The van der Waals surface area contributed by atoms with E-state index in [9.17, 15) is 0 Å². The average Bonchev–Trinajstić information content (AvgIpc) is 2.59. The van der Waals surface area contributed by atoms with Crippen molar-refractivity contribution in [3.63, 3.8) is 0 Å². The van der Waals surface area contributed by atoms with E-state index in [0.29, 0.717) is 5.96 Å². The molecular weight excluding hydrogens is 425 g/mol. The zero-order valence-corrected chi connectivity index (χ0v) is 18.0. The molecule has 0 radical (unpaired) electrons. The maximum Gasteiger partial charge on any atom is 0.188 e. The SMILES string of the molecule is CCCCNC(N)=NCCCN1CCN(c2cccc(C)c2)CC1.I. The van der Waals surface area contributed by atoms with Crippen LogP contribution >= 0.6 is 24.0 Å². The number of hydrogen-bond acceptors (Lipinski definition) is 3. The van der Waals surface area contributed by atoms with Gasteiger partial charge in [-0.25, -0.2) is 0 Å². The van der Waals surface area contributed by atoms with Gasteiger partial charge in [-0.2, -0.15) is 0 Å². The lowest BCUT2D eigenvalue weighted by Gasteiger charge is -2.36. The second-order valence-electron chi connectivity index (χ2n) is 6.57. The first-order valence-corrected chi connectivity index (χ1v) is 9.27. The summed E-state index contributed by atoms with van der Waals surface area (Å²) in [6.07, 6.45) is 3.39. The third kappa shape index (κ3) is 8.27. The minimum atomic E-state index is 0. The number of unbranched alkanes of at least 4 members (excludes halogenated alkanes) is 1. The molecule has 142 valence electrons. The van der Waals surface area contributed by atoms with Gasteiger partial charge in [-0.05, 0) is 37.5 Å². The third-order valence-electron chi connectivity index (χ3n) is 4.49. The Morgan fingerprint density at radius 2 is 1.96 bits per heavy atom. The minimum Gasteiger partial charge on any atom is -0.370 e. The van der Waals surface area contributed by atoms with E-state index in [4.69, 9.17) is 5.73 Å². The normalized spacial score (nSPS) is 15.8. The summed E-state index contributed by atoms with van der Waals surface area (Å²) < 4.78 is 0. The van der Waals surface area contributed by atoms with Gasteiger partial charge in [0.05, 0.1) is 0 Å². The Morgan fingerprint density at radius 1 is 1.20 bits per heavy atom. The van der Waals surface area contributed by atoms with Gasteiger partial charge in [0.1, 0.15) is 0 Å². The number of nitrogens with zero attached hydrogens (tertiary/aromatic N) is 3. The highest BCUT2D eigenvalue weighted by atomic mass is 127. The number of guanidine groups is 1. The summed E-state index contributed by atoms with van der Waals surface area (Å²) in [6, 6.07) is 8.79. The van der Waals surface area contributed by atoms with Crippen LogP contribution in [0.25, 0.3) is 0 Å². The Balaban J connectivity index is 0.00000312. The van der Waals surface area contributed by atoms with Crippen molar-refractivity contribution in [2.24, 2.45) is 10.7 Å². The lowest BCUT2D eigenvalue weighted by Crippen LogP contribution is -2.46. The van der Waals surface area contributed by atoms with E-state index in [1.807, 2.05) is 0 Å². The van der Waals surface area contributed by atoms with Crippen LogP contribution in [0.3, 0.4) is 0 Å². The van der Waals surface area contributed by atoms with Crippen LogP contribution in [0.2, 0.25) is 0 Å². The quantitative estimate of drug-likeness (QED) is 0.272. The molecule has 1 aliphatic rings. The number of halogens is 1. The highest BCUT2D eigenvalue weighted by Gasteiger charge is 2.16. The number of nitrogens with two attached hydrogens (primary N) is 1. The molecular formula is C19H34IN5. The van der Waals surface area contributed by atoms with Crippen molar-refractivity contribution in [2.45, 2.75) is 33.1 Å². The van der Waals surface area contributed by atoms with Crippen LogP contribution in [0.15, 0.2) is 29.3 Å². The molecule has 0 bridgehead atoms. The van der Waals surface area contributed by atoms with Gasteiger partial charge in [0.25, 0.3) is 0 Å². The van der Waals surface area contributed by atoms with Crippen LogP contribution in [0, 0.1) is 6.92 Å². The first-order chi connectivity index (χ1) is 11.7. The number of hydrogen-bond donors (Lipinski definition) is 2. The van der Waals surface area contributed by atoms with E-state index in [-0.39, 0.29) is 24.0 Å². The summed E-state index contributed by atoms with van der Waals surface area (Å²) in [5.41, 5.74) is 8.53. The molecule has 0 amide bonds. The molecule has 0 spiro atoms. The summed E-state index contributed by atoms with van der Waals surface area (Å²) in [6.45, 7) is 11.6. The molecule has 0 atom stereocenters. The van der Waals surface area contributed by atoms with Crippen LogP contribution in [0.5, 0.6) is 0 Å². The van der Waals surface area contributed by atoms with Crippen molar-refractivity contribution in [1.29, 1.82) is 0 Å². The topological polar surface area (TPSA) is 56.9 Å². The summed E-state index contributed by atoms with van der Waals surface area (Å²) in [5, 5.41) is 3.16. The Kier molecular flexibility index (Phi) is 10.9. The van der Waals surface area contributed by atoms with E-state index in [0.717, 1.165) is 58.7 Å². The van der Waals surface area contributed by atoms with Crippen molar-refractivity contribution in [1.82, 2.24) is 10.2 Å². The van der Waals surface area contributed by atoms with Crippen LogP contribution in [-0.4, -0.2) is 56.7 Å². The molecule has 0 unspecified atom stereocenters. The van der Waals surface area contributed by atoms with E-state index in [1.54, 1.807) is 0 Å². The summed E-state index contributed by atoms with van der Waals surface area (Å²) in [7, 11) is 0. The molecule has 1 heterocycles. The molecule has 25 heavy (non-hydrogen) atoms. The maximum absolute atomic E-state index is 5.85. The Bertz CT molecular complexity index is 512. The van der Waals surface area contributed by atoms with Gasteiger partial charge in [-0.3, -0.25) is 9.89 Å². The predicted molar refractivity (Wildman–Crippen MR) is 119 cm³/mol. The largest absolute Gasteiger partial charge is 0.370 e. The van der Waals surface area contributed by atoms with Crippen LogP contribution < -0.4 is 16.0 Å². The highest BCUT2D eigenvalue weighted by molar-refractivity contribution is 14.0. The van der Waals surface area contributed by atoms with Gasteiger partial charge >= 0.3 is 0 Å². The monoisotopic (exact) mass is 459 g/mol. The van der Waals surface area contributed by atoms with E-state index >= 15 is 0 Å². The Hall–Kier alpha value is -1.02. The first-order valence-electron chi connectivity index (χ1n) is 9.27. The van der Waals surface area contributed by atoms with E-state index in [2.05, 4.69) is 58.2 Å². The van der Waals surface area contributed by atoms with Crippen molar-refractivity contribution in [3.8, 4) is 0 Å². The second kappa shape index (κ2) is 12.4. The molecule has 0 aliphatic carbocycles. The van der Waals surface area contributed by atoms with Crippen molar-refractivity contribution in [3.05, 3.63) is 29.8 Å². The third-order valence-corrected chi connectivity index (χ3v) is 4.49. The van der Waals surface area contributed by atoms with Gasteiger partial charge in [-0.15, -0.1) is 24.0 Å². The number of anilines is 1. The number of aliphatic imine (C=N–C) groups is 1. The fourth-order valence-corrected chi connectivity index (χ4v) is 3.00. The molecule has 1 aromatic carbocycles. The minimum absolute atomic E-state index is 0. The van der Waals surface area contributed by atoms with Crippen LogP contribution in [0.4, 0.5) is 5.69 Å². The number of aryl methyl sites for hydroxylation is 1. The second-order valence-corrected chi connectivity index (χ2v) is 6.57. The molecule has 6 heteroatoms. The van der Waals surface area contributed by atoms with Crippen LogP contribution in [0.1, 0.15) is 31.7 Å². The van der Waals surface area contributed by atoms with Gasteiger partial charge < -0.3 is 16.0 Å². The standard InChI is InChI=1S/C19H33N5.HI/c1-3-4-9-21-19(20)22-10-6-11-23-12-14-24(15-13-23)18-8-5-7-17(2)16-18;/h5,7-8,16H,3-4,6,9-15H2,1-2H3,(H3,20,21,22);1H. The van der Waals surface area contributed by atoms with Gasteiger partial charge in [0, 0.05) is 51.5 Å². The van der Waals surface area contributed by atoms with Gasteiger partial charge in [0.2, 0.25) is 0 Å². The van der Waals surface area contributed by atoms with Crippen molar-refractivity contribution < 1.29 is 0 Å². The summed E-state index contributed by atoms with van der Waals surface area (Å²) in [4.78, 5) is 9.41. The Labute approximate surface area is 170 Å². The molecule has 3 N–H and O–H groups in total. The lowest BCUT2D eigenvalue weighted by molar-refractivity contribution is 0.256. The van der Waals surface area contributed by atoms with Crippen molar-refractivity contribution >= 4 is 35.6 Å². The van der Waals surface area contributed by atoms with Crippen molar-refractivity contribution in [2.75, 3.05) is 50.7 Å².